The Labute approximate surface area is 127 Å². The molecule has 0 aromatic heterocycles. The van der Waals surface area contributed by atoms with Crippen LogP contribution in [-0.4, -0.2) is 6.54 Å². The van der Waals surface area contributed by atoms with Gasteiger partial charge in [0.2, 0.25) is 0 Å². The summed E-state index contributed by atoms with van der Waals surface area (Å²) in [7, 11) is 0. The number of hydrogen-bond donors (Lipinski definition) is 1. The summed E-state index contributed by atoms with van der Waals surface area (Å²) in [5.74, 6) is 0.172. The number of halogens is 2. The van der Waals surface area contributed by atoms with E-state index in [1.54, 1.807) is 18.2 Å². The lowest BCUT2D eigenvalue weighted by Gasteiger charge is -2.13. The molecule has 0 saturated carbocycles. The van der Waals surface area contributed by atoms with Crippen LogP contribution in [0.4, 0.5) is 4.39 Å². The van der Waals surface area contributed by atoms with Crippen LogP contribution in [0.2, 0.25) is 5.02 Å². The van der Waals surface area contributed by atoms with Gasteiger partial charge < -0.3 is 10.5 Å². The molecule has 0 aliphatic rings. The maximum Gasteiger partial charge on any atom is 0.129 e. The van der Waals surface area contributed by atoms with Crippen molar-refractivity contribution < 1.29 is 9.13 Å². The standard InChI is InChI=1S/C16H14ClFN2O/c17-14-2-1-3-16(13(14)6-7-19)21-10-12-8-11(9-20)4-5-15(12)18/h1-5,8H,6-7,10,19H2. The molecule has 0 bridgehead atoms. The summed E-state index contributed by atoms with van der Waals surface area (Å²) in [4.78, 5) is 0. The molecule has 0 aliphatic carbocycles. The van der Waals surface area contributed by atoms with Crippen LogP contribution in [0, 0.1) is 17.1 Å². The van der Waals surface area contributed by atoms with Gasteiger partial charge in [0.25, 0.3) is 0 Å². The van der Waals surface area contributed by atoms with E-state index in [1.165, 1.54) is 18.2 Å². The van der Waals surface area contributed by atoms with E-state index in [2.05, 4.69) is 0 Å². The van der Waals surface area contributed by atoms with Crippen molar-refractivity contribution in [2.75, 3.05) is 6.54 Å². The van der Waals surface area contributed by atoms with Crippen LogP contribution < -0.4 is 10.5 Å². The fourth-order valence-electron chi connectivity index (χ4n) is 1.97. The smallest absolute Gasteiger partial charge is 0.129 e. The first kappa shape index (κ1) is 15.3. The minimum absolute atomic E-state index is 0.0271. The Morgan fingerprint density at radius 2 is 2.10 bits per heavy atom. The molecule has 0 aliphatic heterocycles. The van der Waals surface area contributed by atoms with E-state index in [9.17, 15) is 4.39 Å². The van der Waals surface area contributed by atoms with Gasteiger partial charge in [-0.3, -0.25) is 0 Å². The van der Waals surface area contributed by atoms with Gasteiger partial charge in [-0.1, -0.05) is 17.7 Å². The summed E-state index contributed by atoms with van der Waals surface area (Å²) in [5, 5.41) is 9.42. The molecular formula is C16H14ClFN2O. The van der Waals surface area contributed by atoms with Crippen molar-refractivity contribution in [1.29, 1.82) is 5.26 Å². The average Bonchev–Trinajstić information content (AvgIpc) is 2.49. The largest absolute Gasteiger partial charge is 0.488 e. The van der Waals surface area contributed by atoms with Crippen LogP contribution in [0.3, 0.4) is 0 Å². The Hall–Kier alpha value is -2.09. The highest BCUT2D eigenvalue weighted by atomic mass is 35.5. The first-order chi connectivity index (χ1) is 10.2. The molecule has 0 fully saturated rings. The Kier molecular flexibility index (Phi) is 5.15. The molecule has 3 nitrogen and oxygen atoms in total. The monoisotopic (exact) mass is 304 g/mol. The zero-order valence-electron chi connectivity index (χ0n) is 11.3. The second-order valence-corrected chi connectivity index (χ2v) is 4.87. The molecule has 5 heteroatoms. The predicted octanol–water partition coefficient (Wildman–Crippen LogP) is 3.43. The predicted molar refractivity (Wildman–Crippen MR) is 79.7 cm³/mol. The molecule has 0 amide bonds. The van der Waals surface area contributed by atoms with Crippen molar-refractivity contribution in [2.45, 2.75) is 13.0 Å². The van der Waals surface area contributed by atoms with Gasteiger partial charge in [-0.15, -0.1) is 0 Å². The zero-order chi connectivity index (χ0) is 15.2. The normalized spacial score (nSPS) is 10.2. The third kappa shape index (κ3) is 3.72. The summed E-state index contributed by atoms with van der Waals surface area (Å²) in [6.07, 6.45) is 0.579. The molecular weight excluding hydrogens is 291 g/mol. The number of nitriles is 1. The lowest BCUT2D eigenvalue weighted by Crippen LogP contribution is -2.06. The number of nitrogens with two attached hydrogens (primary N) is 1. The molecule has 0 spiro atoms. The van der Waals surface area contributed by atoms with Crippen LogP contribution >= 0.6 is 11.6 Å². The number of ether oxygens (including phenoxy) is 1. The van der Waals surface area contributed by atoms with E-state index in [-0.39, 0.29) is 6.61 Å². The van der Waals surface area contributed by atoms with Gasteiger partial charge in [0.05, 0.1) is 11.6 Å². The summed E-state index contributed by atoms with van der Waals surface area (Å²) in [6, 6.07) is 11.4. The molecule has 2 rings (SSSR count). The number of benzene rings is 2. The minimum Gasteiger partial charge on any atom is -0.488 e. The van der Waals surface area contributed by atoms with Crippen LogP contribution in [-0.2, 0) is 13.0 Å². The van der Waals surface area contributed by atoms with E-state index in [4.69, 9.17) is 27.3 Å². The van der Waals surface area contributed by atoms with Gasteiger partial charge in [-0.25, -0.2) is 4.39 Å². The van der Waals surface area contributed by atoms with Crippen molar-refractivity contribution >= 4 is 11.6 Å². The highest BCUT2D eigenvalue weighted by Crippen LogP contribution is 2.27. The van der Waals surface area contributed by atoms with Gasteiger partial charge in [0.15, 0.2) is 0 Å². The summed E-state index contributed by atoms with van der Waals surface area (Å²) in [6.45, 7) is 0.470. The molecule has 2 aromatic carbocycles. The molecule has 21 heavy (non-hydrogen) atoms. The maximum absolute atomic E-state index is 13.7. The Morgan fingerprint density at radius 3 is 2.81 bits per heavy atom. The van der Waals surface area contributed by atoms with E-state index < -0.39 is 5.82 Å². The second-order valence-electron chi connectivity index (χ2n) is 4.46. The number of nitrogens with zero attached hydrogens (tertiary/aromatic N) is 1. The third-order valence-electron chi connectivity index (χ3n) is 3.03. The first-order valence-corrected chi connectivity index (χ1v) is 6.82. The SMILES string of the molecule is N#Cc1ccc(F)c(COc2cccc(Cl)c2CCN)c1. The van der Waals surface area contributed by atoms with Crippen molar-refractivity contribution in [3.63, 3.8) is 0 Å². The fraction of sp³-hybridized carbons (Fsp3) is 0.188. The number of rotatable bonds is 5. The van der Waals surface area contributed by atoms with E-state index >= 15 is 0 Å². The Bertz CT molecular complexity index is 682. The van der Waals surface area contributed by atoms with Crippen LogP contribution in [0.1, 0.15) is 16.7 Å². The van der Waals surface area contributed by atoms with Crippen LogP contribution in [0.25, 0.3) is 0 Å². The molecule has 0 saturated heterocycles. The van der Waals surface area contributed by atoms with Gasteiger partial charge in [-0.05, 0) is 43.3 Å². The number of hydrogen-bond acceptors (Lipinski definition) is 3. The van der Waals surface area contributed by atoms with Crippen molar-refractivity contribution in [3.8, 4) is 11.8 Å². The quantitative estimate of drug-likeness (QED) is 0.920. The average molecular weight is 305 g/mol. The molecule has 108 valence electrons. The van der Waals surface area contributed by atoms with Crippen LogP contribution in [0.5, 0.6) is 5.75 Å². The van der Waals surface area contributed by atoms with Gasteiger partial charge in [0, 0.05) is 16.1 Å². The summed E-state index contributed by atoms with van der Waals surface area (Å²) < 4.78 is 19.3. The molecule has 0 heterocycles. The minimum atomic E-state index is -0.406. The lowest BCUT2D eigenvalue weighted by molar-refractivity contribution is 0.297. The first-order valence-electron chi connectivity index (χ1n) is 6.44. The van der Waals surface area contributed by atoms with Crippen LogP contribution in [0.15, 0.2) is 36.4 Å². The molecule has 2 aromatic rings. The summed E-state index contributed by atoms with van der Waals surface area (Å²) in [5.41, 5.74) is 7.08. The lowest BCUT2D eigenvalue weighted by atomic mass is 10.1. The van der Waals surface area contributed by atoms with E-state index in [1.807, 2.05) is 6.07 Å². The van der Waals surface area contributed by atoms with Gasteiger partial charge in [-0.2, -0.15) is 5.26 Å². The Balaban J connectivity index is 2.21. The van der Waals surface area contributed by atoms with E-state index in [0.717, 1.165) is 5.56 Å². The van der Waals surface area contributed by atoms with Crippen molar-refractivity contribution in [1.82, 2.24) is 0 Å². The molecule has 0 atom stereocenters. The molecule has 0 unspecified atom stereocenters. The molecule has 0 radical (unpaired) electrons. The molecule has 2 N–H and O–H groups in total. The fourth-order valence-corrected chi connectivity index (χ4v) is 2.23. The van der Waals surface area contributed by atoms with Gasteiger partial charge in [0.1, 0.15) is 18.2 Å². The second kappa shape index (κ2) is 7.07. The Morgan fingerprint density at radius 1 is 1.29 bits per heavy atom. The highest BCUT2D eigenvalue weighted by Gasteiger charge is 2.10. The third-order valence-corrected chi connectivity index (χ3v) is 3.38. The van der Waals surface area contributed by atoms with E-state index in [0.29, 0.717) is 34.9 Å². The van der Waals surface area contributed by atoms with Crippen molar-refractivity contribution in [2.24, 2.45) is 5.73 Å². The highest BCUT2D eigenvalue weighted by molar-refractivity contribution is 6.31. The van der Waals surface area contributed by atoms with Gasteiger partial charge >= 0.3 is 0 Å². The summed E-state index contributed by atoms with van der Waals surface area (Å²) >= 11 is 6.12. The van der Waals surface area contributed by atoms with Crippen molar-refractivity contribution in [3.05, 3.63) is 63.9 Å². The zero-order valence-corrected chi connectivity index (χ0v) is 12.0. The maximum atomic E-state index is 13.7. The topological polar surface area (TPSA) is 59.0 Å².